The first-order chi connectivity index (χ1) is 30.8. The van der Waals surface area contributed by atoms with Crippen molar-refractivity contribution in [2.75, 3.05) is 44.8 Å². The zero-order valence-electron chi connectivity index (χ0n) is 38.7. The van der Waals surface area contributed by atoms with E-state index < -0.39 is 40.8 Å². The molecule has 2 saturated heterocycles. The number of aromatic nitrogens is 2. The largest absolute Gasteiger partial charge is 0.491 e. The van der Waals surface area contributed by atoms with Crippen LogP contribution in [0.3, 0.4) is 0 Å². The van der Waals surface area contributed by atoms with Crippen molar-refractivity contribution in [2.24, 2.45) is 34.5 Å². The first-order valence-electron chi connectivity index (χ1n) is 23.1. The predicted octanol–water partition coefficient (Wildman–Crippen LogP) is 7.83. The van der Waals surface area contributed by atoms with Gasteiger partial charge >= 0.3 is 11.9 Å². The molecule has 5 aliphatic rings. The molecule has 16 heteroatoms. The van der Waals surface area contributed by atoms with E-state index in [1.165, 1.54) is 17.6 Å². The molecule has 4 heterocycles. The minimum atomic E-state index is -1.28. The summed E-state index contributed by atoms with van der Waals surface area (Å²) in [5.41, 5.74) is -0.892. The molecule has 0 spiro atoms. The van der Waals surface area contributed by atoms with Crippen molar-refractivity contribution in [3.05, 3.63) is 42.1 Å². The molecule has 1 aromatic carbocycles. The molecule has 0 bridgehead atoms. The van der Waals surface area contributed by atoms with Gasteiger partial charge < -0.3 is 38.7 Å². The Labute approximate surface area is 385 Å². The Morgan fingerprint density at radius 1 is 1.06 bits per heavy atom. The number of hydrogen-bond donors (Lipinski definition) is 2. The molecule has 15 nitrogen and oxygen atoms in total. The number of pyridine rings is 1. The smallest absolute Gasteiger partial charge is 0.310 e. The van der Waals surface area contributed by atoms with Crippen LogP contribution in [-0.2, 0) is 28.7 Å². The number of aliphatic carboxylic acids is 1. The number of ketones is 1. The number of benzene rings is 1. The number of morpholine rings is 1. The van der Waals surface area contributed by atoms with E-state index in [0.717, 1.165) is 19.4 Å². The molecule has 65 heavy (non-hydrogen) atoms. The molecule has 5 fully saturated rings. The van der Waals surface area contributed by atoms with Gasteiger partial charge in [-0.15, -0.1) is 6.58 Å². The van der Waals surface area contributed by atoms with Gasteiger partial charge in [-0.05, 0) is 88.7 Å². The molecular formula is C49H64ClN5O10. The van der Waals surface area contributed by atoms with Gasteiger partial charge in [0.15, 0.2) is 5.78 Å². The Morgan fingerprint density at radius 2 is 1.82 bits per heavy atom. The number of halogens is 1. The highest BCUT2D eigenvalue weighted by Gasteiger charge is 2.61. The lowest BCUT2D eigenvalue weighted by molar-refractivity contribution is -0.157. The molecule has 8 rings (SSSR count). The van der Waals surface area contributed by atoms with Gasteiger partial charge in [-0.3, -0.25) is 24.1 Å². The molecule has 2 N–H and O–H groups in total. The predicted molar refractivity (Wildman–Crippen MR) is 244 cm³/mol. The van der Waals surface area contributed by atoms with Crippen molar-refractivity contribution in [3.63, 3.8) is 0 Å². The van der Waals surface area contributed by atoms with Crippen molar-refractivity contribution in [1.29, 1.82) is 0 Å². The van der Waals surface area contributed by atoms with Gasteiger partial charge in [-0.1, -0.05) is 38.4 Å². The lowest BCUT2D eigenvalue weighted by Crippen LogP contribution is -2.54. The summed E-state index contributed by atoms with van der Waals surface area (Å²) in [6, 6.07) is 4.69. The number of likely N-dealkylation sites (tertiary alicyclic amines) is 1. The van der Waals surface area contributed by atoms with Crippen LogP contribution in [-0.4, -0.2) is 118 Å². The Morgan fingerprint density at radius 3 is 2.48 bits per heavy atom. The number of carboxylic acids is 1. The minimum absolute atomic E-state index is 0.00614. The molecule has 352 valence electrons. The third-order valence-corrected chi connectivity index (χ3v) is 14.6. The van der Waals surface area contributed by atoms with Crippen molar-refractivity contribution in [2.45, 2.75) is 123 Å². The second-order valence-corrected chi connectivity index (χ2v) is 21.3. The molecule has 2 unspecified atom stereocenters. The summed E-state index contributed by atoms with van der Waals surface area (Å²) in [5, 5.41) is 14.3. The van der Waals surface area contributed by atoms with E-state index in [4.69, 9.17) is 39.9 Å². The first-order valence-corrected chi connectivity index (χ1v) is 23.5. The van der Waals surface area contributed by atoms with Crippen molar-refractivity contribution < 1.29 is 47.6 Å². The van der Waals surface area contributed by atoms with Crippen LogP contribution in [0.2, 0.25) is 5.02 Å². The number of carboxylic acid groups (broad SMARTS) is 1. The highest BCUT2D eigenvalue weighted by Crippen LogP contribution is 2.57. The maximum absolute atomic E-state index is 14.9. The molecule has 3 saturated carbocycles. The number of nitrogens with zero attached hydrogens (tertiary/aromatic N) is 4. The van der Waals surface area contributed by atoms with E-state index in [1.807, 2.05) is 40.7 Å². The second kappa shape index (κ2) is 18.2. The number of amides is 1. The number of carbonyl (C=O) groups is 4. The van der Waals surface area contributed by atoms with Crippen molar-refractivity contribution >= 4 is 52.1 Å². The summed E-state index contributed by atoms with van der Waals surface area (Å²) in [6.07, 6.45) is 5.07. The summed E-state index contributed by atoms with van der Waals surface area (Å²) in [6.45, 7) is 20.8. The lowest BCUT2D eigenvalue weighted by atomic mass is 9.77. The number of nitrogens with one attached hydrogen (secondary N) is 1. The molecule has 3 aliphatic carbocycles. The fourth-order valence-electron chi connectivity index (χ4n) is 10.2. The average molecular weight is 919 g/mol. The lowest BCUT2D eigenvalue weighted by Gasteiger charge is -2.41. The zero-order valence-corrected chi connectivity index (χ0v) is 39.4. The third-order valence-electron chi connectivity index (χ3n) is 14.2. The minimum Gasteiger partial charge on any atom is -0.491 e. The molecule has 8 atom stereocenters. The summed E-state index contributed by atoms with van der Waals surface area (Å²) < 4.78 is 30.5. The van der Waals surface area contributed by atoms with Crippen molar-refractivity contribution in [3.8, 4) is 22.9 Å². The highest BCUT2D eigenvalue weighted by atomic mass is 35.5. The van der Waals surface area contributed by atoms with Gasteiger partial charge in [0.1, 0.15) is 47.3 Å². The van der Waals surface area contributed by atoms with Crippen LogP contribution in [0.5, 0.6) is 11.5 Å². The standard InChI is InChI=1S/C49H64ClN5O10/c1-9-30-22-49(30,45(59)60)23-38(56)37-19-32(24-55(37)44(58)34(47(4,5)6)20-41(57)65-31-17-28-16-29(28)18-31)64-40-21-35(36-25-63-46(53-36)51-27(2)3)52-43-33(40)10-11-39(42(43)50)62-15-13-54-12-14-61-26-48(54,7)8/h9-11,21,25,27-32,34,37H,1,12-20,22-24,26H2,2-8H3,(H,51,53)(H,59,60)/t28-,29+,30-,31?,32-,34?,37+,49-/m1/s1. The maximum atomic E-state index is 14.9. The van der Waals surface area contributed by atoms with Gasteiger partial charge in [-0.2, -0.15) is 4.98 Å². The first kappa shape index (κ1) is 46.8. The van der Waals surface area contributed by atoms with Crippen LogP contribution < -0.4 is 14.8 Å². The van der Waals surface area contributed by atoms with Gasteiger partial charge in [0.25, 0.3) is 6.01 Å². The normalized spacial score (nSPS) is 27.6. The number of esters is 1. The number of rotatable bonds is 18. The number of anilines is 1. The molecule has 0 radical (unpaired) electrons. The second-order valence-electron chi connectivity index (χ2n) is 20.9. The quantitative estimate of drug-likeness (QED) is 0.0930. The SMILES string of the molecule is C=C[C@@H]1C[C@]1(CC(=O)[C@@H]1C[C@@H](Oc2cc(-c3coc(NC(C)C)n3)nc3c(Cl)c(OCCN4CCOCC4(C)C)ccc23)CN1C(=O)C(CC(=O)OC1C[C@@H]2C[C@@H]2C1)C(C)(C)C)C(=O)O. The van der Waals surface area contributed by atoms with E-state index in [1.54, 1.807) is 18.2 Å². The maximum Gasteiger partial charge on any atom is 0.310 e. The van der Waals surface area contributed by atoms with Gasteiger partial charge in [0.2, 0.25) is 5.91 Å². The van der Waals surface area contributed by atoms with E-state index in [9.17, 15) is 24.3 Å². The number of fused-ring (bicyclic) bond motifs is 2. The number of ether oxygens (including phenoxy) is 4. The number of hydrogen-bond acceptors (Lipinski definition) is 13. The van der Waals surface area contributed by atoms with Crippen LogP contribution in [0, 0.1) is 34.5 Å². The summed E-state index contributed by atoms with van der Waals surface area (Å²) in [4.78, 5) is 68.8. The van der Waals surface area contributed by atoms with E-state index in [-0.39, 0.29) is 72.5 Å². The monoisotopic (exact) mass is 917 g/mol. The summed E-state index contributed by atoms with van der Waals surface area (Å²) in [5.74, 6) is -1.39. The van der Waals surface area contributed by atoms with Gasteiger partial charge in [0.05, 0.1) is 54.8 Å². The average Bonchev–Trinajstić information content (AvgIpc) is 3.91. The number of allylic oxidation sites excluding steroid dienone is 1. The molecule has 2 aromatic heterocycles. The zero-order chi connectivity index (χ0) is 46.6. The molecule has 2 aliphatic heterocycles. The summed E-state index contributed by atoms with van der Waals surface area (Å²) in [7, 11) is 0. The molecule has 3 aromatic rings. The van der Waals surface area contributed by atoms with Gasteiger partial charge in [-0.25, -0.2) is 4.98 Å². The van der Waals surface area contributed by atoms with E-state index in [0.29, 0.717) is 78.0 Å². The molecular weight excluding hydrogens is 854 g/mol. The Hall–Kier alpha value is -4.73. The van der Waals surface area contributed by atoms with Crippen LogP contribution in [0.15, 0.2) is 41.5 Å². The Kier molecular flexibility index (Phi) is 13.1. The number of Topliss-reactive ketones (excluding diaryl/α,β-unsaturated/α-hetero) is 1. The van der Waals surface area contributed by atoms with Crippen LogP contribution in [0.4, 0.5) is 6.01 Å². The number of carbonyl (C=O) groups excluding carboxylic acids is 3. The Balaban J connectivity index is 1.09. The van der Waals surface area contributed by atoms with Crippen molar-refractivity contribution in [1.82, 2.24) is 19.8 Å². The number of oxazole rings is 1. The molecule has 1 amide bonds. The third kappa shape index (κ3) is 10.0. The fourth-order valence-corrected chi connectivity index (χ4v) is 10.4. The van der Waals surface area contributed by atoms with Crippen LogP contribution in [0.1, 0.15) is 93.4 Å². The van der Waals surface area contributed by atoms with Crippen LogP contribution in [0.25, 0.3) is 22.3 Å². The Bertz CT molecular complexity index is 2310. The topological polar surface area (TPSA) is 183 Å². The van der Waals surface area contributed by atoms with E-state index in [2.05, 4.69) is 35.6 Å². The highest BCUT2D eigenvalue weighted by molar-refractivity contribution is 6.36. The van der Waals surface area contributed by atoms with Crippen LogP contribution >= 0.6 is 11.6 Å². The summed E-state index contributed by atoms with van der Waals surface area (Å²) >= 11 is 7.15. The van der Waals surface area contributed by atoms with Gasteiger partial charge in [0, 0.05) is 49.0 Å². The fraction of sp³-hybridized carbons (Fsp3) is 0.633. The van der Waals surface area contributed by atoms with E-state index >= 15 is 0 Å².